The highest BCUT2D eigenvalue weighted by molar-refractivity contribution is 7.99. The minimum atomic E-state index is -0.871. The summed E-state index contributed by atoms with van der Waals surface area (Å²) in [6.07, 6.45) is 3.66. The number of nitrogens with zero attached hydrogens (tertiary/aromatic N) is 3. The van der Waals surface area contributed by atoms with E-state index in [-0.39, 0.29) is 17.0 Å². The van der Waals surface area contributed by atoms with Gasteiger partial charge in [-0.05, 0) is 67.6 Å². The van der Waals surface area contributed by atoms with Crippen LogP contribution in [-0.2, 0) is 10.3 Å². The summed E-state index contributed by atoms with van der Waals surface area (Å²) in [6, 6.07) is 35.8. The van der Waals surface area contributed by atoms with E-state index in [4.69, 9.17) is 26.4 Å². The first-order valence-electron chi connectivity index (χ1n) is 16.4. The molecule has 4 aromatic carbocycles. The Bertz CT molecular complexity index is 2070. The van der Waals surface area contributed by atoms with Crippen LogP contribution in [0.15, 0.2) is 126 Å². The summed E-state index contributed by atoms with van der Waals surface area (Å²) >= 11 is 8.40. The molecule has 7 rings (SSSR count). The van der Waals surface area contributed by atoms with Gasteiger partial charge >= 0.3 is 6.09 Å². The van der Waals surface area contributed by atoms with Crippen molar-refractivity contribution in [3.63, 3.8) is 0 Å². The Morgan fingerprint density at radius 3 is 2.06 bits per heavy atom. The second-order valence-electron chi connectivity index (χ2n) is 13.1. The zero-order valence-electron chi connectivity index (χ0n) is 27.9. The molecule has 3 heterocycles. The molecule has 0 saturated heterocycles. The van der Waals surface area contributed by atoms with Crippen molar-refractivity contribution >= 4 is 52.1 Å². The van der Waals surface area contributed by atoms with Gasteiger partial charge in [-0.1, -0.05) is 103 Å². The maximum absolute atomic E-state index is 13.9. The van der Waals surface area contributed by atoms with E-state index in [1.165, 1.54) is 0 Å². The molecular weight excluding hydrogens is 666 g/mol. The number of aromatic nitrogens is 3. The number of ether oxygens (including phenoxy) is 1. The number of carbonyl (C=O) groups excluding carboxylic acids is 2. The van der Waals surface area contributed by atoms with E-state index < -0.39 is 17.2 Å². The monoisotopic (exact) mass is 701 g/mol. The lowest BCUT2D eigenvalue weighted by Crippen LogP contribution is -2.38. The Hall–Kier alpha value is -5.12. The van der Waals surface area contributed by atoms with Gasteiger partial charge in [-0.3, -0.25) is 4.79 Å². The third-order valence-corrected chi connectivity index (χ3v) is 10.1. The van der Waals surface area contributed by atoms with Crippen molar-refractivity contribution in [1.29, 1.82) is 0 Å². The molecule has 0 spiro atoms. The van der Waals surface area contributed by atoms with Crippen LogP contribution in [0.2, 0.25) is 5.02 Å². The molecule has 6 aromatic rings. The minimum Gasteiger partial charge on any atom is -0.444 e. The Morgan fingerprint density at radius 2 is 1.48 bits per heavy atom. The van der Waals surface area contributed by atoms with Crippen LogP contribution in [0.5, 0.6) is 0 Å². The highest BCUT2D eigenvalue weighted by Crippen LogP contribution is 2.43. The van der Waals surface area contributed by atoms with Crippen molar-refractivity contribution in [2.24, 2.45) is 0 Å². The van der Waals surface area contributed by atoms with Crippen LogP contribution in [0, 0.1) is 0 Å². The molecule has 1 aliphatic rings. The maximum Gasteiger partial charge on any atom is 0.408 e. The Labute approximate surface area is 300 Å². The van der Waals surface area contributed by atoms with Crippen LogP contribution >= 0.6 is 23.4 Å². The van der Waals surface area contributed by atoms with E-state index in [1.54, 1.807) is 42.4 Å². The fraction of sp³-hybridized carbons (Fsp3) is 0.200. The predicted molar refractivity (Wildman–Crippen MR) is 199 cm³/mol. The molecule has 1 atom stereocenters. The normalized spacial score (nSPS) is 14.5. The standard InChI is InChI=1S/C40H36ClN5O3S/c1-39(2,3)49-38(48)45-34-20-22-50-35-24-29(32(41)23-30(34)35)37(47)44-33-19-21-42-36-31(33)25-43-46(36)40(26-13-7-4-8-14-26,27-15-9-5-10-16-27)28-17-11-6-12-18-28/h4-19,21,23-25,34H,20,22H2,1-3H3,(H,45,48)(H,42,44,47). The van der Waals surface area contributed by atoms with Gasteiger partial charge in [0.25, 0.3) is 5.91 Å². The number of hydrogen-bond donors (Lipinski definition) is 2. The van der Waals surface area contributed by atoms with Gasteiger partial charge in [0.2, 0.25) is 0 Å². The number of fused-ring (bicyclic) bond motifs is 2. The first-order chi connectivity index (χ1) is 24.1. The Kier molecular flexibility index (Phi) is 9.11. The number of amides is 2. The number of nitrogens with one attached hydrogen (secondary N) is 2. The van der Waals surface area contributed by atoms with Crippen molar-refractivity contribution in [1.82, 2.24) is 20.1 Å². The van der Waals surface area contributed by atoms with Crippen molar-refractivity contribution in [3.05, 3.63) is 154 Å². The summed E-state index contributed by atoms with van der Waals surface area (Å²) < 4.78 is 7.42. The number of benzene rings is 4. The number of halogens is 1. The summed E-state index contributed by atoms with van der Waals surface area (Å²) in [4.78, 5) is 32.2. The average Bonchev–Trinajstić information content (AvgIpc) is 3.55. The van der Waals surface area contributed by atoms with Crippen LogP contribution in [-0.4, -0.2) is 38.1 Å². The lowest BCUT2D eigenvalue weighted by molar-refractivity contribution is 0.0501. The van der Waals surface area contributed by atoms with Crippen LogP contribution in [0.25, 0.3) is 11.0 Å². The molecule has 8 nitrogen and oxygen atoms in total. The lowest BCUT2D eigenvalue weighted by Gasteiger charge is -2.36. The molecule has 50 heavy (non-hydrogen) atoms. The number of carbonyl (C=O) groups is 2. The zero-order valence-corrected chi connectivity index (χ0v) is 29.5. The third kappa shape index (κ3) is 6.34. The third-order valence-electron chi connectivity index (χ3n) is 8.69. The van der Waals surface area contributed by atoms with Crippen molar-refractivity contribution in [2.45, 2.75) is 49.3 Å². The number of alkyl carbamates (subject to hydrolysis) is 1. The molecule has 0 saturated carbocycles. The molecule has 2 amide bonds. The largest absolute Gasteiger partial charge is 0.444 e. The summed E-state index contributed by atoms with van der Waals surface area (Å²) in [5.74, 6) is 0.410. The van der Waals surface area contributed by atoms with Gasteiger partial charge in [-0.2, -0.15) is 5.10 Å². The van der Waals surface area contributed by atoms with E-state index in [0.717, 1.165) is 32.9 Å². The lowest BCUT2D eigenvalue weighted by atomic mass is 9.77. The highest BCUT2D eigenvalue weighted by Gasteiger charge is 2.41. The van der Waals surface area contributed by atoms with Crippen LogP contribution in [0.3, 0.4) is 0 Å². The fourth-order valence-corrected chi connectivity index (χ4v) is 7.96. The Balaban J connectivity index is 1.27. The summed E-state index contributed by atoms with van der Waals surface area (Å²) in [5.41, 5.74) is 3.90. The highest BCUT2D eigenvalue weighted by atomic mass is 35.5. The molecule has 252 valence electrons. The van der Waals surface area contributed by atoms with Gasteiger partial charge < -0.3 is 15.4 Å². The first-order valence-corrected chi connectivity index (χ1v) is 17.8. The molecule has 1 aliphatic heterocycles. The van der Waals surface area contributed by atoms with E-state index in [2.05, 4.69) is 47.0 Å². The van der Waals surface area contributed by atoms with Crippen LogP contribution in [0.1, 0.15) is 65.8 Å². The summed E-state index contributed by atoms with van der Waals surface area (Å²) in [5, 5.41) is 12.0. The smallest absolute Gasteiger partial charge is 0.408 e. The molecule has 0 fully saturated rings. The van der Waals surface area contributed by atoms with Gasteiger partial charge in [0.1, 0.15) is 11.1 Å². The van der Waals surface area contributed by atoms with Gasteiger partial charge in [-0.15, -0.1) is 11.8 Å². The van der Waals surface area contributed by atoms with Gasteiger partial charge in [0.05, 0.1) is 33.9 Å². The Morgan fingerprint density at radius 1 is 0.880 bits per heavy atom. The number of thioether (sulfide) groups is 1. The van der Waals surface area contributed by atoms with Gasteiger partial charge in [0.15, 0.2) is 5.65 Å². The molecule has 0 aliphatic carbocycles. The maximum atomic E-state index is 13.9. The van der Waals surface area contributed by atoms with E-state index in [1.807, 2.05) is 80.1 Å². The fourth-order valence-electron chi connectivity index (χ4n) is 6.56. The number of anilines is 1. The van der Waals surface area contributed by atoms with Crippen molar-refractivity contribution < 1.29 is 14.3 Å². The topological polar surface area (TPSA) is 98.1 Å². The second kappa shape index (κ2) is 13.7. The van der Waals surface area contributed by atoms with Gasteiger partial charge in [-0.25, -0.2) is 14.5 Å². The quantitative estimate of drug-likeness (QED) is 0.161. The van der Waals surface area contributed by atoms with E-state index in [9.17, 15) is 9.59 Å². The summed E-state index contributed by atoms with van der Waals surface area (Å²) in [7, 11) is 0. The predicted octanol–water partition coefficient (Wildman–Crippen LogP) is 9.24. The number of hydrogen-bond acceptors (Lipinski definition) is 6. The first kappa shape index (κ1) is 33.4. The molecule has 2 N–H and O–H groups in total. The molecule has 1 unspecified atom stereocenters. The van der Waals surface area contributed by atoms with E-state index >= 15 is 0 Å². The van der Waals surface area contributed by atoms with Crippen LogP contribution < -0.4 is 10.6 Å². The molecular formula is C40H36ClN5O3S. The van der Waals surface area contributed by atoms with Crippen LogP contribution in [0.4, 0.5) is 10.5 Å². The zero-order chi connectivity index (χ0) is 34.9. The average molecular weight is 702 g/mol. The molecule has 0 radical (unpaired) electrons. The molecule has 2 aromatic heterocycles. The SMILES string of the molecule is CC(C)(C)OC(=O)NC1CCSc2cc(C(=O)Nc3ccnc4c3cnn4C(c3ccccc3)(c3ccccc3)c3ccccc3)c(Cl)cc21. The van der Waals surface area contributed by atoms with Crippen molar-refractivity contribution in [3.8, 4) is 0 Å². The number of rotatable bonds is 7. The van der Waals surface area contributed by atoms with Crippen molar-refractivity contribution in [2.75, 3.05) is 11.1 Å². The number of pyridine rings is 1. The summed E-state index contributed by atoms with van der Waals surface area (Å²) in [6.45, 7) is 5.48. The molecule has 10 heteroatoms. The van der Waals surface area contributed by atoms with Gasteiger partial charge in [0, 0.05) is 16.8 Å². The minimum absolute atomic E-state index is 0.277. The molecule has 0 bridgehead atoms. The second-order valence-corrected chi connectivity index (χ2v) is 14.7. The van der Waals surface area contributed by atoms with E-state index in [0.29, 0.717) is 28.7 Å².